The molecule has 0 radical (unpaired) electrons. The summed E-state index contributed by atoms with van der Waals surface area (Å²) in [6, 6.07) is 0. The van der Waals surface area contributed by atoms with Gasteiger partial charge < -0.3 is 10.6 Å². The standard InChI is InChI=1S/C11H18N2OS/c1-10(2)4-3-7-13(10)9(14)11(5-6-11)8(12)15/h3-7H2,1-2H3,(H2,12,15). The van der Waals surface area contributed by atoms with Crippen molar-refractivity contribution in [3.63, 3.8) is 0 Å². The lowest BCUT2D eigenvalue weighted by Gasteiger charge is -2.34. The van der Waals surface area contributed by atoms with Crippen LogP contribution in [0.15, 0.2) is 0 Å². The maximum absolute atomic E-state index is 12.3. The molecule has 4 heteroatoms. The van der Waals surface area contributed by atoms with Crippen LogP contribution in [0.1, 0.15) is 39.5 Å². The molecule has 3 nitrogen and oxygen atoms in total. The van der Waals surface area contributed by atoms with Crippen LogP contribution in [0.5, 0.6) is 0 Å². The van der Waals surface area contributed by atoms with E-state index in [1.54, 1.807) is 0 Å². The fourth-order valence-corrected chi connectivity index (χ4v) is 2.72. The number of rotatable bonds is 2. The van der Waals surface area contributed by atoms with Gasteiger partial charge >= 0.3 is 0 Å². The molecular weight excluding hydrogens is 208 g/mol. The number of nitrogens with two attached hydrogens (primary N) is 1. The second-order valence-electron chi connectivity index (χ2n) is 5.32. The highest BCUT2D eigenvalue weighted by atomic mass is 32.1. The zero-order valence-corrected chi connectivity index (χ0v) is 10.2. The van der Waals surface area contributed by atoms with Gasteiger partial charge in [0.25, 0.3) is 0 Å². The lowest BCUT2D eigenvalue weighted by atomic mass is 9.98. The Balaban J connectivity index is 2.19. The maximum atomic E-state index is 12.3. The molecule has 1 aliphatic heterocycles. The first-order valence-electron chi connectivity index (χ1n) is 5.52. The van der Waals surface area contributed by atoms with E-state index in [1.165, 1.54) is 0 Å². The summed E-state index contributed by atoms with van der Waals surface area (Å²) in [6.07, 6.45) is 3.85. The molecule has 2 fully saturated rings. The topological polar surface area (TPSA) is 46.3 Å². The maximum Gasteiger partial charge on any atom is 0.236 e. The van der Waals surface area contributed by atoms with Crippen molar-refractivity contribution in [2.45, 2.75) is 45.1 Å². The van der Waals surface area contributed by atoms with Gasteiger partial charge in [-0.25, -0.2) is 0 Å². The summed E-state index contributed by atoms with van der Waals surface area (Å²) >= 11 is 5.01. The lowest BCUT2D eigenvalue weighted by molar-refractivity contribution is -0.137. The summed E-state index contributed by atoms with van der Waals surface area (Å²) < 4.78 is 0. The third-order valence-corrected chi connectivity index (χ3v) is 4.17. The Kier molecular flexibility index (Phi) is 2.30. The van der Waals surface area contributed by atoms with Gasteiger partial charge in [0, 0.05) is 12.1 Å². The molecule has 15 heavy (non-hydrogen) atoms. The summed E-state index contributed by atoms with van der Waals surface area (Å²) in [4.78, 5) is 14.7. The van der Waals surface area contributed by atoms with E-state index in [9.17, 15) is 4.79 Å². The van der Waals surface area contributed by atoms with Crippen molar-refractivity contribution in [2.24, 2.45) is 11.1 Å². The molecule has 1 saturated heterocycles. The summed E-state index contributed by atoms with van der Waals surface area (Å²) in [5.74, 6) is 0.164. The summed E-state index contributed by atoms with van der Waals surface area (Å²) in [5.41, 5.74) is 5.18. The molecule has 0 spiro atoms. The van der Waals surface area contributed by atoms with Crippen LogP contribution in [0.2, 0.25) is 0 Å². The molecule has 2 aliphatic rings. The molecule has 1 aliphatic carbocycles. The van der Waals surface area contributed by atoms with Gasteiger partial charge in [0.1, 0.15) is 0 Å². The molecule has 0 aromatic rings. The van der Waals surface area contributed by atoms with Crippen LogP contribution in [0.4, 0.5) is 0 Å². The molecule has 0 bridgehead atoms. The van der Waals surface area contributed by atoms with Gasteiger partial charge in [-0.1, -0.05) is 12.2 Å². The van der Waals surface area contributed by atoms with Crippen molar-refractivity contribution in [3.8, 4) is 0 Å². The first-order chi connectivity index (χ1) is 6.90. The average molecular weight is 226 g/mol. The third-order valence-electron chi connectivity index (χ3n) is 3.78. The number of nitrogens with zero attached hydrogens (tertiary/aromatic N) is 1. The van der Waals surface area contributed by atoms with E-state index in [2.05, 4.69) is 13.8 Å². The number of carbonyl (C=O) groups excluding carboxylic acids is 1. The highest BCUT2D eigenvalue weighted by molar-refractivity contribution is 7.80. The smallest absolute Gasteiger partial charge is 0.236 e. The van der Waals surface area contributed by atoms with Crippen LogP contribution in [0.3, 0.4) is 0 Å². The van der Waals surface area contributed by atoms with E-state index in [4.69, 9.17) is 18.0 Å². The zero-order valence-electron chi connectivity index (χ0n) is 9.38. The molecule has 1 heterocycles. The molecule has 0 aromatic carbocycles. The van der Waals surface area contributed by atoms with Crippen molar-refractivity contribution in [1.82, 2.24) is 4.90 Å². The predicted molar refractivity (Wildman–Crippen MR) is 63.5 cm³/mol. The minimum absolute atomic E-state index is 0.0164. The number of carbonyl (C=O) groups is 1. The number of amides is 1. The van der Waals surface area contributed by atoms with Crippen LogP contribution in [-0.4, -0.2) is 27.9 Å². The Morgan fingerprint density at radius 1 is 1.33 bits per heavy atom. The van der Waals surface area contributed by atoms with Crippen molar-refractivity contribution >= 4 is 23.1 Å². The SMILES string of the molecule is CC1(C)CCCN1C(=O)C1(C(N)=S)CC1. The second-order valence-corrected chi connectivity index (χ2v) is 5.76. The van der Waals surface area contributed by atoms with Crippen LogP contribution in [0, 0.1) is 5.41 Å². The van der Waals surface area contributed by atoms with Gasteiger partial charge in [-0.2, -0.15) is 0 Å². The zero-order chi connectivity index (χ0) is 11.3. The van der Waals surface area contributed by atoms with E-state index in [-0.39, 0.29) is 11.4 Å². The normalized spacial score (nSPS) is 26.4. The molecule has 0 unspecified atom stereocenters. The highest BCUT2D eigenvalue weighted by Crippen LogP contribution is 2.49. The molecule has 1 saturated carbocycles. The van der Waals surface area contributed by atoms with E-state index in [1.807, 2.05) is 4.90 Å². The van der Waals surface area contributed by atoms with Gasteiger partial charge in [-0.15, -0.1) is 0 Å². The summed E-state index contributed by atoms with van der Waals surface area (Å²) in [7, 11) is 0. The van der Waals surface area contributed by atoms with Crippen LogP contribution in [-0.2, 0) is 4.79 Å². The van der Waals surface area contributed by atoms with Crippen molar-refractivity contribution in [2.75, 3.05) is 6.54 Å². The monoisotopic (exact) mass is 226 g/mol. The Bertz CT molecular complexity index is 321. The second kappa shape index (κ2) is 3.17. The van der Waals surface area contributed by atoms with E-state index in [0.29, 0.717) is 4.99 Å². The van der Waals surface area contributed by atoms with Crippen LogP contribution < -0.4 is 5.73 Å². The molecule has 1 amide bonds. The quantitative estimate of drug-likeness (QED) is 0.725. The van der Waals surface area contributed by atoms with Gasteiger partial charge in [-0.3, -0.25) is 4.79 Å². The minimum atomic E-state index is -0.475. The molecule has 2 rings (SSSR count). The number of hydrogen-bond donors (Lipinski definition) is 1. The number of hydrogen-bond acceptors (Lipinski definition) is 2. The van der Waals surface area contributed by atoms with Gasteiger partial charge in [0.2, 0.25) is 5.91 Å². The number of thiocarbonyl (C=S) groups is 1. The Labute approximate surface area is 96.0 Å². The van der Waals surface area contributed by atoms with Crippen LogP contribution >= 0.6 is 12.2 Å². The van der Waals surface area contributed by atoms with Crippen LogP contribution in [0.25, 0.3) is 0 Å². The van der Waals surface area contributed by atoms with Crippen molar-refractivity contribution < 1.29 is 4.79 Å². The third kappa shape index (κ3) is 1.55. The first-order valence-corrected chi connectivity index (χ1v) is 5.93. The fourth-order valence-electron chi connectivity index (χ4n) is 2.43. The Morgan fingerprint density at radius 3 is 2.27 bits per heavy atom. The predicted octanol–water partition coefficient (Wildman–Crippen LogP) is 1.45. The minimum Gasteiger partial charge on any atom is -0.392 e. The Hall–Kier alpha value is -0.640. The van der Waals surface area contributed by atoms with E-state index in [0.717, 1.165) is 32.2 Å². The average Bonchev–Trinajstić information content (AvgIpc) is 2.86. The summed E-state index contributed by atoms with van der Waals surface area (Å²) in [6.45, 7) is 5.09. The fraction of sp³-hybridized carbons (Fsp3) is 0.818. The molecule has 2 N–H and O–H groups in total. The molecule has 0 aromatic heterocycles. The number of likely N-dealkylation sites (tertiary alicyclic amines) is 1. The van der Waals surface area contributed by atoms with Gasteiger partial charge in [-0.05, 0) is 39.5 Å². The molecule has 84 valence electrons. The Morgan fingerprint density at radius 2 is 1.93 bits per heavy atom. The first kappa shape index (κ1) is 10.9. The van der Waals surface area contributed by atoms with Gasteiger partial charge in [0.05, 0.1) is 10.4 Å². The molecular formula is C11H18N2OS. The lowest BCUT2D eigenvalue weighted by Crippen LogP contribution is -2.49. The van der Waals surface area contributed by atoms with E-state index < -0.39 is 5.41 Å². The largest absolute Gasteiger partial charge is 0.392 e. The van der Waals surface area contributed by atoms with E-state index >= 15 is 0 Å². The van der Waals surface area contributed by atoms with Crippen molar-refractivity contribution in [1.29, 1.82) is 0 Å². The molecule has 0 atom stereocenters. The highest BCUT2D eigenvalue weighted by Gasteiger charge is 2.56. The van der Waals surface area contributed by atoms with Gasteiger partial charge in [0.15, 0.2) is 0 Å². The summed E-state index contributed by atoms with van der Waals surface area (Å²) in [5, 5.41) is 0. The van der Waals surface area contributed by atoms with Crippen molar-refractivity contribution in [3.05, 3.63) is 0 Å².